The van der Waals surface area contributed by atoms with Crippen LogP contribution in [0.3, 0.4) is 0 Å². The highest BCUT2D eigenvalue weighted by Gasteiger charge is 2.24. The number of allylic oxidation sites excluding steroid dienone is 3. The molecular weight excluding hydrogens is 230 g/mol. The zero-order valence-electron chi connectivity index (χ0n) is 9.83. The van der Waals surface area contributed by atoms with Crippen LogP contribution < -0.4 is 5.32 Å². The molecule has 0 unspecified atom stereocenters. The highest BCUT2D eigenvalue weighted by Crippen LogP contribution is 2.44. The minimum absolute atomic E-state index is 0.201. The zero-order valence-corrected chi connectivity index (χ0v) is 10.6. The average Bonchev–Trinajstić information content (AvgIpc) is 2.26. The molecule has 0 saturated heterocycles. The third-order valence-corrected chi connectivity index (χ3v) is 4.17. The fourth-order valence-corrected chi connectivity index (χ4v) is 3.44. The Morgan fingerprint density at radius 1 is 1.29 bits per heavy atom. The maximum absolute atomic E-state index is 11.6. The molecule has 0 fully saturated rings. The monoisotopic (exact) mass is 243 g/mol. The number of aryl methyl sites for hydroxylation is 1. The van der Waals surface area contributed by atoms with Crippen molar-refractivity contribution in [2.75, 3.05) is 5.32 Å². The summed E-state index contributed by atoms with van der Waals surface area (Å²) in [7, 11) is 0. The van der Waals surface area contributed by atoms with Crippen molar-refractivity contribution < 1.29 is 4.79 Å². The highest BCUT2D eigenvalue weighted by molar-refractivity contribution is 8.03. The van der Waals surface area contributed by atoms with Gasteiger partial charge in [-0.05, 0) is 43.2 Å². The first kappa shape index (κ1) is 10.7. The lowest BCUT2D eigenvalue weighted by molar-refractivity contribution is -0.114. The Morgan fingerprint density at radius 2 is 2.12 bits per heavy atom. The maximum Gasteiger partial charge on any atom is 0.161 e. The van der Waals surface area contributed by atoms with Crippen LogP contribution in [-0.4, -0.2) is 5.78 Å². The molecule has 3 heteroatoms. The third kappa shape index (κ3) is 1.80. The molecule has 86 valence electrons. The van der Waals surface area contributed by atoms with Crippen molar-refractivity contribution in [1.29, 1.82) is 0 Å². The SMILES string of the molecule is CC1=CC(=O)CC2=C1Nc1ccc(C)cc1S2. The molecule has 0 bridgehead atoms. The van der Waals surface area contributed by atoms with Gasteiger partial charge in [0.15, 0.2) is 5.78 Å². The van der Waals surface area contributed by atoms with Gasteiger partial charge in [-0.1, -0.05) is 17.8 Å². The molecule has 1 aliphatic carbocycles. The van der Waals surface area contributed by atoms with E-state index in [9.17, 15) is 4.79 Å². The number of hydrogen-bond acceptors (Lipinski definition) is 3. The molecule has 1 heterocycles. The topological polar surface area (TPSA) is 29.1 Å². The van der Waals surface area contributed by atoms with Gasteiger partial charge in [0.25, 0.3) is 0 Å². The van der Waals surface area contributed by atoms with Crippen LogP contribution in [0.15, 0.2) is 45.3 Å². The van der Waals surface area contributed by atoms with Crippen LogP contribution in [0.1, 0.15) is 18.9 Å². The standard InChI is InChI=1S/C14H13NOS/c1-8-3-4-11-12(5-8)17-13-7-10(16)6-9(2)14(13)15-11/h3-6,15H,7H2,1-2H3. The summed E-state index contributed by atoms with van der Waals surface area (Å²) < 4.78 is 0. The van der Waals surface area contributed by atoms with Gasteiger partial charge in [-0.3, -0.25) is 4.79 Å². The first-order valence-corrected chi connectivity index (χ1v) is 6.45. The number of rotatable bonds is 0. The molecule has 0 aromatic heterocycles. The van der Waals surface area contributed by atoms with E-state index in [1.165, 1.54) is 10.5 Å². The van der Waals surface area contributed by atoms with Crippen LogP contribution in [0.2, 0.25) is 0 Å². The predicted molar refractivity (Wildman–Crippen MR) is 71.1 cm³/mol. The lowest BCUT2D eigenvalue weighted by Gasteiger charge is -2.27. The molecule has 17 heavy (non-hydrogen) atoms. The lowest BCUT2D eigenvalue weighted by Crippen LogP contribution is -2.15. The predicted octanol–water partition coefficient (Wildman–Crippen LogP) is 3.64. The smallest absolute Gasteiger partial charge is 0.161 e. The summed E-state index contributed by atoms with van der Waals surface area (Å²) in [4.78, 5) is 13.9. The Bertz CT molecular complexity index is 584. The van der Waals surface area contributed by atoms with Gasteiger partial charge in [-0.2, -0.15) is 0 Å². The van der Waals surface area contributed by atoms with Crippen molar-refractivity contribution >= 4 is 23.2 Å². The van der Waals surface area contributed by atoms with Gasteiger partial charge >= 0.3 is 0 Å². The van der Waals surface area contributed by atoms with E-state index in [0.717, 1.165) is 21.9 Å². The quantitative estimate of drug-likeness (QED) is 0.754. The summed E-state index contributed by atoms with van der Waals surface area (Å²) >= 11 is 1.72. The van der Waals surface area contributed by atoms with Crippen molar-refractivity contribution in [3.8, 4) is 0 Å². The van der Waals surface area contributed by atoms with Crippen molar-refractivity contribution in [2.24, 2.45) is 0 Å². The van der Waals surface area contributed by atoms with Crippen molar-refractivity contribution in [2.45, 2.75) is 25.2 Å². The molecule has 3 rings (SSSR count). The summed E-state index contributed by atoms with van der Waals surface area (Å²) in [5.41, 5.74) is 4.54. The van der Waals surface area contributed by atoms with E-state index in [2.05, 4.69) is 30.4 Å². The molecule has 0 saturated carbocycles. The van der Waals surface area contributed by atoms with E-state index >= 15 is 0 Å². The summed E-state index contributed by atoms with van der Waals surface area (Å²) in [5.74, 6) is 0.201. The molecule has 2 aliphatic rings. The van der Waals surface area contributed by atoms with Gasteiger partial charge in [0.1, 0.15) is 0 Å². The van der Waals surface area contributed by atoms with Crippen LogP contribution in [0.5, 0.6) is 0 Å². The van der Waals surface area contributed by atoms with E-state index in [-0.39, 0.29) is 5.78 Å². The van der Waals surface area contributed by atoms with Crippen molar-refractivity contribution in [3.05, 3.63) is 46.0 Å². The van der Waals surface area contributed by atoms with E-state index in [4.69, 9.17) is 0 Å². The second kappa shape index (κ2) is 3.77. The van der Waals surface area contributed by atoms with Gasteiger partial charge in [0.2, 0.25) is 0 Å². The molecule has 0 radical (unpaired) electrons. The number of carbonyl (C=O) groups excluding carboxylic acids is 1. The fourth-order valence-electron chi connectivity index (χ4n) is 2.17. The van der Waals surface area contributed by atoms with E-state index in [0.29, 0.717) is 6.42 Å². The van der Waals surface area contributed by atoms with Crippen LogP contribution in [0.25, 0.3) is 0 Å². The van der Waals surface area contributed by atoms with Crippen molar-refractivity contribution in [1.82, 2.24) is 0 Å². The number of nitrogens with one attached hydrogen (secondary N) is 1. The largest absolute Gasteiger partial charge is 0.354 e. The molecular formula is C14H13NOS. The highest BCUT2D eigenvalue weighted by atomic mass is 32.2. The fraction of sp³-hybridized carbons (Fsp3) is 0.214. The average molecular weight is 243 g/mol. The summed E-state index contributed by atoms with van der Waals surface area (Å²) in [6.45, 7) is 4.07. The van der Waals surface area contributed by atoms with E-state index in [1.54, 1.807) is 17.8 Å². The number of carbonyl (C=O) groups is 1. The molecule has 0 amide bonds. The Labute approximate surface area is 105 Å². The third-order valence-electron chi connectivity index (χ3n) is 3.02. The molecule has 0 spiro atoms. The van der Waals surface area contributed by atoms with Gasteiger partial charge in [-0.25, -0.2) is 0 Å². The molecule has 1 aromatic carbocycles. The van der Waals surface area contributed by atoms with Crippen LogP contribution in [0, 0.1) is 6.92 Å². The van der Waals surface area contributed by atoms with Crippen molar-refractivity contribution in [3.63, 3.8) is 0 Å². The first-order valence-electron chi connectivity index (χ1n) is 5.63. The molecule has 1 aliphatic heterocycles. The number of thioether (sulfide) groups is 1. The normalized spacial score (nSPS) is 18.2. The first-order chi connectivity index (χ1) is 8.13. The van der Waals surface area contributed by atoms with E-state index < -0.39 is 0 Å². The minimum Gasteiger partial charge on any atom is -0.354 e. The van der Waals surface area contributed by atoms with Gasteiger partial charge < -0.3 is 5.32 Å². The Balaban J connectivity index is 2.05. The minimum atomic E-state index is 0.201. The van der Waals surface area contributed by atoms with Gasteiger partial charge in [0.05, 0.1) is 11.4 Å². The molecule has 2 nitrogen and oxygen atoms in total. The second-order valence-electron chi connectivity index (χ2n) is 4.50. The Kier molecular flexibility index (Phi) is 2.37. The van der Waals surface area contributed by atoms with Crippen LogP contribution >= 0.6 is 11.8 Å². The molecule has 0 atom stereocenters. The number of fused-ring (bicyclic) bond motifs is 1. The Morgan fingerprint density at radius 3 is 2.94 bits per heavy atom. The maximum atomic E-state index is 11.6. The number of benzene rings is 1. The van der Waals surface area contributed by atoms with E-state index in [1.807, 2.05) is 6.92 Å². The lowest BCUT2D eigenvalue weighted by atomic mass is 10.0. The van der Waals surface area contributed by atoms with Crippen LogP contribution in [-0.2, 0) is 4.79 Å². The van der Waals surface area contributed by atoms with Crippen LogP contribution in [0.4, 0.5) is 5.69 Å². The van der Waals surface area contributed by atoms with Gasteiger partial charge in [-0.15, -0.1) is 0 Å². The number of hydrogen-bond donors (Lipinski definition) is 1. The summed E-state index contributed by atoms with van der Waals surface area (Å²) in [6, 6.07) is 6.37. The second-order valence-corrected chi connectivity index (χ2v) is 5.63. The van der Waals surface area contributed by atoms with Gasteiger partial charge in [0, 0.05) is 16.2 Å². The zero-order chi connectivity index (χ0) is 12.0. The number of ketones is 1. The molecule has 1 aromatic rings. The summed E-state index contributed by atoms with van der Waals surface area (Å²) in [6.07, 6.45) is 2.25. The number of anilines is 1. The summed E-state index contributed by atoms with van der Waals surface area (Å²) in [5, 5.41) is 3.43. The molecule has 1 N–H and O–H groups in total. The Hall–Kier alpha value is -1.48.